The molecule has 11 nitrogen and oxygen atoms in total. The minimum absolute atomic E-state index is 0.228. The molecule has 258 valence electrons. The normalized spacial score (nSPS) is 19.2. The van der Waals surface area contributed by atoms with E-state index in [9.17, 15) is 18.3 Å². The molecular weight excluding hydrogens is 652 g/mol. The van der Waals surface area contributed by atoms with Crippen molar-refractivity contribution in [3.63, 3.8) is 0 Å². The summed E-state index contributed by atoms with van der Waals surface area (Å²) < 4.78 is 33.6. The zero-order chi connectivity index (χ0) is 34.0. The van der Waals surface area contributed by atoms with Gasteiger partial charge in [0.1, 0.15) is 0 Å². The second kappa shape index (κ2) is 14.7. The average molecular weight is 697 g/mol. The second-order valence-electron chi connectivity index (χ2n) is 13.4. The van der Waals surface area contributed by atoms with E-state index in [0.29, 0.717) is 67.5 Å². The molecule has 0 saturated carbocycles. The molecule has 2 saturated heterocycles. The third-order valence-corrected chi connectivity index (χ3v) is 11.6. The highest BCUT2D eigenvalue weighted by molar-refractivity contribution is 7.88. The molecule has 2 fully saturated rings. The highest BCUT2D eigenvalue weighted by atomic mass is 35.5. The number of pyridine rings is 1. The molecule has 0 aliphatic carbocycles. The first-order valence-corrected chi connectivity index (χ1v) is 19.0. The Morgan fingerprint density at radius 1 is 1.06 bits per heavy atom. The number of aliphatic hydroxyl groups is 1. The van der Waals surface area contributed by atoms with Gasteiger partial charge in [-0.25, -0.2) is 13.2 Å². The van der Waals surface area contributed by atoms with Gasteiger partial charge in [-0.1, -0.05) is 30.3 Å². The van der Waals surface area contributed by atoms with Gasteiger partial charge in [-0.05, 0) is 75.7 Å². The number of aliphatic hydroxyl groups excluding tert-OH is 1. The number of rotatable bonds is 9. The number of aromatic nitrogens is 3. The van der Waals surface area contributed by atoms with Gasteiger partial charge < -0.3 is 19.6 Å². The Labute approximate surface area is 288 Å². The van der Waals surface area contributed by atoms with Gasteiger partial charge in [0.05, 0.1) is 30.4 Å². The van der Waals surface area contributed by atoms with Crippen molar-refractivity contribution in [3.05, 3.63) is 71.3 Å². The number of likely N-dealkylation sites (tertiary alicyclic amines) is 2. The van der Waals surface area contributed by atoms with E-state index in [4.69, 9.17) is 21.4 Å². The van der Waals surface area contributed by atoms with Crippen molar-refractivity contribution in [2.45, 2.75) is 58.2 Å². The number of benzene rings is 1. The van der Waals surface area contributed by atoms with E-state index >= 15 is 0 Å². The van der Waals surface area contributed by atoms with Crippen LogP contribution < -0.4 is 0 Å². The van der Waals surface area contributed by atoms with Crippen molar-refractivity contribution in [1.82, 2.24) is 28.9 Å². The number of hydrogen-bond donors (Lipinski definition) is 1. The Morgan fingerprint density at radius 2 is 1.77 bits per heavy atom. The van der Waals surface area contributed by atoms with E-state index in [2.05, 4.69) is 16.5 Å². The SMILES string of the molecule is C=C(C)OC(=O)N1CCC(C2CCN(C[C@H](O)Cn3nc(-c4ccc(Cl)c(-c5cccnc5)c4)c4c3CCN(S(C)(=O)=O)C4)CC2)CC1. The number of carbonyl (C=O) groups excluding carboxylic acids is 1. The first kappa shape index (κ1) is 34.6. The Kier molecular flexibility index (Phi) is 10.6. The molecule has 0 bridgehead atoms. The molecular formula is C35H45ClN6O5S. The lowest BCUT2D eigenvalue weighted by Gasteiger charge is -2.40. The molecule has 1 N–H and O–H groups in total. The maximum absolute atomic E-state index is 12.5. The van der Waals surface area contributed by atoms with E-state index in [1.165, 1.54) is 10.6 Å². The first-order chi connectivity index (χ1) is 23.0. The molecule has 0 unspecified atom stereocenters. The van der Waals surface area contributed by atoms with Crippen LogP contribution in [0.5, 0.6) is 0 Å². The molecule has 3 aliphatic rings. The molecule has 3 aliphatic heterocycles. The average Bonchev–Trinajstić information content (AvgIpc) is 3.42. The van der Waals surface area contributed by atoms with Crippen LogP contribution in [0.1, 0.15) is 43.9 Å². The molecule has 1 aromatic carbocycles. The second-order valence-corrected chi connectivity index (χ2v) is 15.8. The number of sulfonamides is 1. The van der Waals surface area contributed by atoms with Gasteiger partial charge in [-0.15, -0.1) is 0 Å². The fraction of sp³-hybridized carbons (Fsp3) is 0.514. The number of β-amino-alcohol motifs (C(OH)–C–C–N with tert-alkyl or cyclic N) is 1. The number of nitrogens with zero attached hydrogens (tertiary/aromatic N) is 6. The summed E-state index contributed by atoms with van der Waals surface area (Å²) in [7, 11) is -3.40. The van der Waals surface area contributed by atoms with Gasteiger partial charge in [0.2, 0.25) is 10.0 Å². The highest BCUT2D eigenvalue weighted by Gasteiger charge is 2.33. The predicted molar refractivity (Wildman–Crippen MR) is 186 cm³/mol. The summed E-state index contributed by atoms with van der Waals surface area (Å²) in [6.07, 6.45) is 8.41. The number of carbonyl (C=O) groups is 1. The summed E-state index contributed by atoms with van der Waals surface area (Å²) in [6.45, 7) is 10.1. The molecule has 6 rings (SSSR count). The molecule has 1 atom stereocenters. The van der Waals surface area contributed by atoms with Crippen LogP contribution in [-0.4, -0.2) is 100 Å². The van der Waals surface area contributed by atoms with E-state index in [-0.39, 0.29) is 12.6 Å². The standard InChI is InChI=1S/C35H45ClN6O5S/c1-24(2)47-35(44)40-16-10-26(11-17-40)25-8-14-39(15-9-25)21-29(43)22-42-33-12-18-41(48(3,45)46)23-31(33)34(38-42)27-6-7-32(36)30(19-27)28-5-4-13-37-20-28/h4-7,13,19-20,25-26,29,43H,1,8-12,14-18,21-23H2,2-3H3/t29-/m0/s1. The van der Waals surface area contributed by atoms with Crippen LogP contribution in [0.4, 0.5) is 4.79 Å². The van der Waals surface area contributed by atoms with Crippen LogP contribution in [0.3, 0.4) is 0 Å². The lowest BCUT2D eigenvalue weighted by molar-refractivity contribution is 0.0540. The maximum atomic E-state index is 12.5. The third kappa shape index (κ3) is 7.94. The van der Waals surface area contributed by atoms with Gasteiger partial charge >= 0.3 is 6.09 Å². The van der Waals surface area contributed by atoms with Gasteiger partial charge in [-0.3, -0.25) is 9.67 Å². The van der Waals surface area contributed by atoms with Crippen molar-refractivity contribution in [2.24, 2.45) is 11.8 Å². The van der Waals surface area contributed by atoms with Crippen LogP contribution in [0.25, 0.3) is 22.4 Å². The zero-order valence-electron chi connectivity index (χ0n) is 27.7. The van der Waals surface area contributed by atoms with Gasteiger partial charge in [0, 0.05) is 84.5 Å². The molecule has 1 amide bonds. The van der Waals surface area contributed by atoms with Crippen molar-refractivity contribution in [1.29, 1.82) is 0 Å². The number of hydrogen-bond acceptors (Lipinski definition) is 8. The third-order valence-electron chi connectivity index (χ3n) is 9.99. The number of ether oxygens (including phenoxy) is 1. The smallest absolute Gasteiger partial charge is 0.414 e. The monoisotopic (exact) mass is 696 g/mol. The number of amides is 1. The first-order valence-electron chi connectivity index (χ1n) is 16.7. The van der Waals surface area contributed by atoms with Crippen LogP contribution in [0.15, 0.2) is 55.1 Å². The number of fused-ring (bicyclic) bond motifs is 1. The Morgan fingerprint density at radius 3 is 2.42 bits per heavy atom. The fourth-order valence-electron chi connectivity index (χ4n) is 7.48. The molecule has 48 heavy (non-hydrogen) atoms. The largest absolute Gasteiger partial charge is 0.416 e. The summed E-state index contributed by atoms with van der Waals surface area (Å²) in [5.74, 6) is 1.63. The lowest BCUT2D eigenvalue weighted by atomic mass is 9.79. The summed E-state index contributed by atoms with van der Waals surface area (Å²) in [4.78, 5) is 20.6. The minimum atomic E-state index is -3.40. The topological polar surface area (TPSA) is 121 Å². The summed E-state index contributed by atoms with van der Waals surface area (Å²) >= 11 is 6.60. The van der Waals surface area contributed by atoms with E-state index in [1.807, 2.05) is 35.0 Å². The van der Waals surface area contributed by atoms with E-state index in [1.54, 1.807) is 24.2 Å². The van der Waals surface area contributed by atoms with Gasteiger partial charge in [-0.2, -0.15) is 9.40 Å². The molecule has 2 aromatic heterocycles. The molecule has 13 heteroatoms. The lowest BCUT2D eigenvalue weighted by Crippen LogP contribution is -2.44. The molecule has 5 heterocycles. The molecule has 0 spiro atoms. The summed E-state index contributed by atoms with van der Waals surface area (Å²) in [5.41, 5.74) is 5.05. The van der Waals surface area contributed by atoms with Gasteiger partial charge in [0.15, 0.2) is 0 Å². The predicted octanol–water partition coefficient (Wildman–Crippen LogP) is 5.04. The number of halogens is 1. The van der Waals surface area contributed by atoms with Crippen LogP contribution >= 0.6 is 11.6 Å². The van der Waals surface area contributed by atoms with Crippen LogP contribution in [-0.2, 0) is 34.3 Å². The summed E-state index contributed by atoms with van der Waals surface area (Å²) in [5, 5.41) is 16.9. The maximum Gasteiger partial charge on any atom is 0.414 e. The zero-order valence-corrected chi connectivity index (χ0v) is 29.3. The van der Waals surface area contributed by atoms with E-state index in [0.717, 1.165) is 66.7 Å². The summed E-state index contributed by atoms with van der Waals surface area (Å²) in [6, 6.07) is 9.53. The Balaban J connectivity index is 1.12. The van der Waals surface area contributed by atoms with Crippen molar-refractivity contribution in [2.75, 3.05) is 45.5 Å². The van der Waals surface area contributed by atoms with E-state index < -0.39 is 16.1 Å². The van der Waals surface area contributed by atoms with Gasteiger partial charge in [0.25, 0.3) is 0 Å². The van der Waals surface area contributed by atoms with Crippen molar-refractivity contribution >= 4 is 27.7 Å². The fourth-order valence-corrected chi connectivity index (χ4v) is 8.49. The van der Waals surface area contributed by atoms with Crippen molar-refractivity contribution < 1.29 is 23.1 Å². The molecule has 0 radical (unpaired) electrons. The van der Waals surface area contributed by atoms with Crippen LogP contribution in [0.2, 0.25) is 5.02 Å². The number of allylic oxidation sites excluding steroid dienone is 1. The number of piperidine rings is 2. The Bertz CT molecular complexity index is 1730. The van der Waals surface area contributed by atoms with Crippen molar-refractivity contribution in [3.8, 4) is 22.4 Å². The Hall–Kier alpha value is -3.29. The minimum Gasteiger partial charge on any atom is -0.416 e. The van der Waals surface area contributed by atoms with Crippen LogP contribution in [0, 0.1) is 11.8 Å². The molecule has 3 aromatic rings. The quantitative estimate of drug-likeness (QED) is 0.309. The highest BCUT2D eigenvalue weighted by Crippen LogP contribution is 2.37.